The molecular formula is C90H104N8O4. The summed E-state index contributed by atoms with van der Waals surface area (Å²) in [4.78, 5) is 17.3. The van der Waals surface area contributed by atoms with Crippen molar-refractivity contribution in [2.45, 2.75) is 205 Å². The van der Waals surface area contributed by atoms with Gasteiger partial charge in [-0.1, -0.05) is 123 Å². The lowest BCUT2D eigenvalue weighted by Gasteiger charge is -2.48. The normalized spacial score (nSPS) is 21.9. The van der Waals surface area contributed by atoms with Crippen molar-refractivity contribution in [1.29, 1.82) is 10.5 Å². The van der Waals surface area contributed by atoms with Crippen LogP contribution in [0, 0.1) is 35.8 Å². The van der Waals surface area contributed by atoms with Gasteiger partial charge in [0.2, 0.25) is 0 Å². The molecular weight excluding hydrogens is 1260 g/mol. The average Bonchev–Trinajstić information content (AvgIpc) is 0.747. The molecule has 528 valence electrons. The Bertz CT molecular complexity index is 4320. The third kappa shape index (κ3) is 12.8. The van der Waals surface area contributed by atoms with Gasteiger partial charge in [0, 0.05) is 97.4 Å². The van der Waals surface area contributed by atoms with E-state index < -0.39 is 0 Å². The maximum absolute atomic E-state index is 9.90. The van der Waals surface area contributed by atoms with Crippen LogP contribution in [-0.4, -0.2) is 66.6 Å². The molecule has 14 rings (SSSR count). The number of anilines is 4. The predicted molar refractivity (Wildman–Crippen MR) is 418 cm³/mol. The van der Waals surface area contributed by atoms with Crippen LogP contribution in [0.2, 0.25) is 0 Å². The number of methoxy groups -OCH3 is 2. The number of ether oxygens (including phenoxy) is 4. The standard InChI is InChI=1S/C46H54N4O3.C44H50N4O/c1-43(2)16-20-49-22-18-45(5,6)37-39(49)34(43)26-29(41(37)51-10)12-14-32-24-31(36(28-47)48-9)25-33(53-32)15-13-30-27-35-40-38(42(30)52-11)46(7,8)19-23-50(40)21-17-44(35,3)4;1-41(2)14-18-47-19-15-42(3,4)35-23-29(22-34(41)39(35)47)10-12-32-26-31(38(28-45)46-9)27-33(49-32)13-11-30-24-36-40-37(25-30)44(7,8)17-21-48(40)20-16-43(36,5)6/h12-15,24-27H,16-23H2,1-8,10-11H3;10-13,22-27H,14-21H2,1-8H3/b14-12+,15-13+;12-10+,13-11+. The Balaban J connectivity index is 0.000000183. The molecule has 0 aliphatic carbocycles. The maximum atomic E-state index is 9.90. The van der Waals surface area contributed by atoms with Crippen molar-refractivity contribution in [3.05, 3.63) is 220 Å². The van der Waals surface area contributed by atoms with Crippen LogP contribution in [0.25, 0.3) is 34.0 Å². The Kier molecular flexibility index (Phi) is 18.0. The molecule has 0 radical (unpaired) electrons. The van der Waals surface area contributed by atoms with E-state index in [-0.39, 0.29) is 54.7 Å². The molecule has 0 bridgehead atoms. The molecule has 12 nitrogen and oxygen atoms in total. The van der Waals surface area contributed by atoms with E-state index >= 15 is 0 Å². The molecule has 0 aromatic heterocycles. The van der Waals surface area contributed by atoms with E-state index in [1.807, 2.05) is 36.5 Å². The quantitative estimate of drug-likeness (QED) is 0.113. The molecule has 4 aromatic rings. The largest absolute Gasteiger partial charge is 0.496 e. The zero-order chi connectivity index (χ0) is 73.0. The molecule has 0 unspecified atom stereocenters. The average molecular weight is 1360 g/mol. The van der Waals surface area contributed by atoms with Crippen LogP contribution in [0.15, 0.2) is 131 Å². The van der Waals surface area contributed by atoms with Gasteiger partial charge >= 0.3 is 0 Å². The molecule has 0 fully saturated rings. The number of hydrogen-bond donors (Lipinski definition) is 0. The third-order valence-corrected chi connectivity index (χ3v) is 24.7. The lowest BCUT2D eigenvalue weighted by atomic mass is 9.68. The van der Waals surface area contributed by atoms with Crippen LogP contribution in [0.3, 0.4) is 0 Å². The molecule has 0 atom stereocenters. The van der Waals surface area contributed by atoms with E-state index in [0.717, 1.165) is 137 Å². The Morgan fingerprint density at radius 1 is 0.373 bits per heavy atom. The summed E-state index contributed by atoms with van der Waals surface area (Å²) >= 11 is 0. The molecule has 0 N–H and O–H groups in total. The number of nitriles is 2. The molecule has 10 aliphatic heterocycles. The molecule has 102 heavy (non-hydrogen) atoms. The molecule has 0 saturated heterocycles. The highest BCUT2D eigenvalue weighted by molar-refractivity contribution is 5.81. The molecule has 4 aromatic carbocycles. The van der Waals surface area contributed by atoms with Crippen LogP contribution >= 0.6 is 0 Å². The lowest BCUT2D eigenvalue weighted by Crippen LogP contribution is -2.45. The fourth-order valence-corrected chi connectivity index (χ4v) is 17.6. The van der Waals surface area contributed by atoms with E-state index in [1.54, 1.807) is 26.4 Å². The van der Waals surface area contributed by atoms with Gasteiger partial charge in [0.05, 0.1) is 39.5 Å². The summed E-state index contributed by atoms with van der Waals surface area (Å²) in [5.74, 6) is 4.08. The van der Waals surface area contributed by atoms with Crippen LogP contribution in [0.4, 0.5) is 22.7 Å². The number of hydrogen-bond acceptors (Lipinski definition) is 10. The van der Waals surface area contributed by atoms with E-state index in [4.69, 9.17) is 32.1 Å². The Labute approximate surface area is 608 Å². The Morgan fingerprint density at radius 3 is 0.873 bits per heavy atom. The zero-order valence-electron chi connectivity index (χ0n) is 63.9. The van der Waals surface area contributed by atoms with Gasteiger partial charge in [0.1, 0.15) is 34.5 Å². The molecule has 12 heteroatoms. The van der Waals surface area contributed by atoms with E-state index in [0.29, 0.717) is 34.2 Å². The third-order valence-electron chi connectivity index (χ3n) is 24.7. The van der Waals surface area contributed by atoms with Crippen molar-refractivity contribution in [2.24, 2.45) is 0 Å². The molecule has 10 aliphatic rings. The van der Waals surface area contributed by atoms with Gasteiger partial charge in [0.25, 0.3) is 11.4 Å². The van der Waals surface area contributed by atoms with Crippen molar-refractivity contribution in [3.63, 3.8) is 0 Å². The summed E-state index contributed by atoms with van der Waals surface area (Å²) in [6.07, 6.45) is 32.3. The number of allylic oxidation sites excluding steroid dienone is 12. The number of benzene rings is 4. The van der Waals surface area contributed by atoms with Gasteiger partial charge in [-0.3, -0.25) is 0 Å². The summed E-state index contributed by atoms with van der Waals surface area (Å²) in [5.41, 5.74) is 22.3. The first-order chi connectivity index (χ1) is 48.2. The minimum Gasteiger partial charge on any atom is -0.496 e. The highest BCUT2D eigenvalue weighted by atomic mass is 16.5. The SMILES string of the molecule is [C-]#[N+]C(C#N)=C1C=C(/C=C/c2cc3c4c(c2)C(C)(C)CCN4CCC3(C)C)OC(/C=C/c2cc3c4c(c2)C(C)(C)CCN4CCC3(C)C)=C1.[C-]#[N+]C(C#N)=C1C=C(/C=C/c2cc3c4c(c2OC)C(C)(C)CCN4CCC3(C)C)OC(/C=C/c2cc3c4c(c2OC)C(C)(C)CCN4CCC3(C)C)=C1. The van der Waals surface area contributed by atoms with Crippen molar-refractivity contribution in [1.82, 2.24) is 0 Å². The molecule has 0 amide bonds. The second-order valence-corrected chi connectivity index (χ2v) is 35.3. The first-order valence-corrected chi connectivity index (χ1v) is 37.1. The summed E-state index contributed by atoms with van der Waals surface area (Å²) in [5, 5.41) is 19.7. The second kappa shape index (κ2) is 25.9. The number of rotatable bonds is 10. The van der Waals surface area contributed by atoms with Gasteiger partial charge in [-0.05, 0) is 247 Å². The van der Waals surface area contributed by atoms with Gasteiger partial charge in [-0.15, -0.1) is 0 Å². The minimum atomic E-state index is -0.0450. The van der Waals surface area contributed by atoms with Crippen molar-refractivity contribution in [3.8, 4) is 23.6 Å². The summed E-state index contributed by atoms with van der Waals surface area (Å²) in [6.45, 7) is 61.6. The van der Waals surface area contributed by atoms with Crippen LogP contribution < -0.4 is 29.1 Å². The van der Waals surface area contributed by atoms with Crippen molar-refractivity contribution >= 4 is 47.1 Å². The fourth-order valence-electron chi connectivity index (χ4n) is 17.6. The Morgan fingerprint density at radius 2 is 0.618 bits per heavy atom. The smallest absolute Gasteiger partial charge is 0.269 e. The van der Waals surface area contributed by atoms with Gasteiger partial charge in [-0.25, -0.2) is 20.2 Å². The first kappa shape index (κ1) is 71.1. The molecule has 10 heterocycles. The van der Waals surface area contributed by atoms with Crippen LogP contribution in [0.1, 0.15) is 229 Å². The van der Waals surface area contributed by atoms with Crippen molar-refractivity contribution in [2.75, 3.05) is 86.2 Å². The minimum absolute atomic E-state index is 0.0175. The fraction of sp³-hybridized carbons (Fsp3) is 0.467. The van der Waals surface area contributed by atoms with Gasteiger partial charge in [0.15, 0.2) is 0 Å². The summed E-state index contributed by atoms with van der Waals surface area (Å²) in [7, 11) is 3.53. The summed E-state index contributed by atoms with van der Waals surface area (Å²) in [6, 6.07) is 18.2. The van der Waals surface area contributed by atoms with Gasteiger partial charge < -0.3 is 38.5 Å². The van der Waals surface area contributed by atoms with Crippen molar-refractivity contribution < 1.29 is 18.9 Å². The zero-order valence-corrected chi connectivity index (χ0v) is 63.9. The lowest BCUT2D eigenvalue weighted by molar-refractivity contribution is 0.332. The summed E-state index contributed by atoms with van der Waals surface area (Å²) < 4.78 is 25.4. The molecule has 0 saturated carbocycles. The van der Waals surface area contributed by atoms with E-state index in [1.165, 1.54) is 67.3 Å². The van der Waals surface area contributed by atoms with E-state index in [2.05, 4.69) is 213 Å². The second-order valence-electron chi connectivity index (χ2n) is 35.3. The predicted octanol–water partition coefficient (Wildman–Crippen LogP) is 20.5. The monoisotopic (exact) mass is 1360 g/mol. The van der Waals surface area contributed by atoms with E-state index in [9.17, 15) is 10.5 Å². The molecule has 0 spiro atoms. The highest BCUT2D eigenvalue weighted by Crippen LogP contribution is 2.57. The Hall–Kier alpha value is -9.36. The highest BCUT2D eigenvalue weighted by Gasteiger charge is 2.46. The topological polar surface area (TPSA) is 106 Å². The van der Waals surface area contributed by atoms with Crippen LogP contribution in [0.5, 0.6) is 11.5 Å². The first-order valence-electron chi connectivity index (χ1n) is 37.1. The van der Waals surface area contributed by atoms with Crippen LogP contribution in [-0.2, 0) is 52.8 Å². The van der Waals surface area contributed by atoms with Gasteiger partial charge in [-0.2, -0.15) is 0 Å². The number of nitrogens with zero attached hydrogens (tertiary/aromatic N) is 8. The maximum Gasteiger partial charge on any atom is 0.269 e.